The minimum Gasteiger partial charge on any atom is -0.444 e. The van der Waals surface area contributed by atoms with Crippen LogP contribution in [0.5, 0.6) is 0 Å². The van der Waals surface area contributed by atoms with Gasteiger partial charge in [-0.1, -0.05) is 30.3 Å². The fourth-order valence-electron chi connectivity index (χ4n) is 3.32. The van der Waals surface area contributed by atoms with Crippen LogP contribution in [0.1, 0.15) is 15.9 Å². The zero-order chi connectivity index (χ0) is 21.5. The van der Waals surface area contributed by atoms with Crippen LogP contribution in [0.25, 0.3) is 0 Å². The first-order valence-corrected chi connectivity index (χ1v) is 10.1. The predicted octanol–water partition coefficient (Wildman–Crippen LogP) is 3.19. The number of hydrogen-bond acceptors (Lipinski definition) is 6. The van der Waals surface area contributed by atoms with Crippen LogP contribution in [0.2, 0.25) is 0 Å². The molecule has 0 saturated carbocycles. The summed E-state index contributed by atoms with van der Waals surface area (Å²) in [7, 11) is 0. The molecule has 0 unspecified atom stereocenters. The summed E-state index contributed by atoms with van der Waals surface area (Å²) >= 11 is 0. The van der Waals surface area contributed by atoms with E-state index in [0.717, 1.165) is 5.56 Å². The molecule has 0 atom stereocenters. The van der Waals surface area contributed by atoms with Crippen molar-refractivity contribution in [2.24, 2.45) is 0 Å². The number of aromatic nitrogens is 2. The van der Waals surface area contributed by atoms with Crippen molar-refractivity contribution < 1.29 is 14.3 Å². The van der Waals surface area contributed by atoms with E-state index in [1.165, 1.54) is 0 Å². The number of amides is 2. The van der Waals surface area contributed by atoms with Gasteiger partial charge in [-0.25, -0.2) is 14.8 Å². The number of piperazine rings is 1. The first kappa shape index (κ1) is 20.3. The van der Waals surface area contributed by atoms with E-state index in [2.05, 4.69) is 20.2 Å². The normalized spacial score (nSPS) is 13.5. The molecule has 2 heterocycles. The highest BCUT2D eigenvalue weighted by Crippen LogP contribution is 2.15. The molecule has 1 aromatic heterocycles. The van der Waals surface area contributed by atoms with Gasteiger partial charge in [-0.2, -0.15) is 0 Å². The summed E-state index contributed by atoms with van der Waals surface area (Å²) in [6, 6.07) is 18.1. The molecule has 0 spiro atoms. The highest BCUT2D eigenvalue weighted by molar-refractivity contribution is 5.95. The van der Waals surface area contributed by atoms with E-state index >= 15 is 0 Å². The third-order valence-corrected chi connectivity index (χ3v) is 4.99. The number of carbonyl (C=O) groups is 2. The number of nitrogens with zero attached hydrogens (tertiary/aromatic N) is 4. The third kappa shape index (κ3) is 5.36. The number of ether oxygens (including phenoxy) is 1. The van der Waals surface area contributed by atoms with E-state index in [9.17, 15) is 9.59 Å². The molecular formula is C23H23N5O3. The summed E-state index contributed by atoms with van der Waals surface area (Å²) in [6.45, 7) is 2.76. The summed E-state index contributed by atoms with van der Waals surface area (Å²) in [5, 5.41) is 2.68. The lowest BCUT2D eigenvalue weighted by molar-refractivity contribution is 0.0746. The standard InChI is InChI=1S/C23H23N5O3/c29-21(27-13-15-28(16-14-27)22-24-11-4-12-25-22)19-7-9-20(10-8-19)26-23(30)31-17-18-5-2-1-3-6-18/h1-12H,13-17H2,(H,26,30). The van der Waals surface area contributed by atoms with Gasteiger partial charge in [-0.15, -0.1) is 0 Å². The number of hydrogen-bond donors (Lipinski definition) is 1. The smallest absolute Gasteiger partial charge is 0.411 e. The average molecular weight is 417 g/mol. The van der Waals surface area contributed by atoms with Crippen molar-refractivity contribution in [3.05, 3.63) is 84.2 Å². The van der Waals surface area contributed by atoms with Gasteiger partial charge in [0.2, 0.25) is 5.95 Å². The van der Waals surface area contributed by atoms with Crippen LogP contribution < -0.4 is 10.2 Å². The second kappa shape index (κ2) is 9.71. The molecule has 3 aromatic rings. The maximum absolute atomic E-state index is 12.8. The average Bonchev–Trinajstić information content (AvgIpc) is 2.84. The monoisotopic (exact) mass is 417 g/mol. The minimum atomic E-state index is -0.540. The van der Waals surface area contributed by atoms with Crippen molar-refractivity contribution in [3.8, 4) is 0 Å². The summed E-state index contributed by atoms with van der Waals surface area (Å²) < 4.78 is 5.21. The summed E-state index contributed by atoms with van der Waals surface area (Å²) in [5.74, 6) is 0.649. The van der Waals surface area contributed by atoms with Crippen molar-refractivity contribution in [2.75, 3.05) is 36.4 Å². The van der Waals surface area contributed by atoms with Crippen LogP contribution >= 0.6 is 0 Å². The minimum absolute atomic E-state index is 0.0353. The fraction of sp³-hybridized carbons (Fsp3) is 0.217. The van der Waals surface area contributed by atoms with Gasteiger partial charge in [-0.05, 0) is 35.9 Å². The van der Waals surface area contributed by atoms with Gasteiger partial charge in [-0.3, -0.25) is 10.1 Å². The second-order valence-electron chi connectivity index (χ2n) is 7.09. The zero-order valence-corrected chi connectivity index (χ0v) is 17.0. The molecule has 31 heavy (non-hydrogen) atoms. The Morgan fingerprint density at radius 1 is 0.871 bits per heavy atom. The van der Waals surface area contributed by atoms with Crippen molar-refractivity contribution in [1.82, 2.24) is 14.9 Å². The molecule has 4 rings (SSSR count). The van der Waals surface area contributed by atoms with Crippen LogP contribution in [-0.4, -0.2) is 53.0 Å². The molecule has 0 bridgehead atoms. The third-order valence-electron chi connectivity index (χ3n) is 4.99. The lowest BCUT2D eigenvalue weighted by Gasteiger charge is -2.34. The van der Waals surface area contributed by atoms with Crippen molar-refractivity contribution >= 4 is 23.6 Å². The van der Waals surface area contributed by atoms with Crippen LogP contribution in [0.15, 0.2) is 73.1 Å². The summed E-state index contributed by atoms with van der Waals surface area (Å²) in [6.07, 6.45) is 2.89. The molecule has 1 aliphatic rings. The maximum atomic E-state index is 12.8. The largest absolute Gasteiger partial charge is 0.444 e. The molecular weight excluding hydrogens is 394 g/mol. The van der Waals surface area contributed by atoms with Crippen molar-refractivity contribution in [1.29, 1.82) is 0 Å². The topological polar surface area (TPSA) is 87.7 Å². The Balaban J connectivity index is 1.27. The number of rotatable bonds is 5. The maximum Gasteiger partial charge on any atom is 0.411 e. The van der Waals surface area contributed by atoms with E-state index < -0.39 is 6.09 Å². The van der Waals surface area contributed by atoms with Gasteiger partial charge in [0.15, 0.2) is 0 Å². The van der Waals surface area contributed by atoms with E-state index in [1.807, 2.05) is 35.2 Å². The van der Waals surface area contributed by atoms with Crippen LogP contribution in [0, 0.1) is 0 Å². The van der Waals surface area contributed by atoms with Gasteiger partial charge >= 0.3 is 6.09 Å². The summed E-state index contributed by atoms with van der Waals surface area (Å²) in [5.41, 5.74) is 2.06. The fourth-order valence-corrected chi connectivity index (χ4v) is 3.32. The Bertz CT molecular complexity index is 1000. The number of benzene rings is 2. The van der Waals surface area contributed by atoms with Crippen molar-refractivity contribution in [3.63, 3.8) is 0 Å². The van der Waals surface area contributed by atoms with Crippen LogP contribution in [0.3, 0.4) is 0 Å². The number of nitrogens with one attached hydrogen (secondary N) is 1. The van der Waals surface area contributed by atoms with Gasteiger partial charge in [0, 0.05) is 49.8 Å². The van der Waals surface area contributed by atoms with Gasteiger partial charge in [0.25, 0.3) is 5.91 Å². The predicted molar refractivity (Wildman–Crippen MR) is 117 cm³/mol. The molecule has 1 fully saturated rings. The SMILES string of the molecule is O=C(Nc1ccc(C(=O)N2CCN(c3ncccn3)CC2)cc1)OCc1ccccc1. The molecule has 1 N–H and O–H groups in total. The van der Waals surface area contributed by atoms with Crippen LogP contribution in [0.4, 0.5) is 16.4 Å². The molecule has 158 valence electrons. The van der Waals surface area contributed by atoms with Crippen molar-refractivity contribution in [2.45, 2.75) is 6.61 Å². The van der Waals surface area contributed by atoms with Gasteiger partial charge in [0.05, 0.1) is 0 Å². The number of carbonyl (C=O) groups excluding carboxylic acids is 2. The molecule has 0 radical (unpaired) electrons. The Morgan fingerprint density at radius 3 is 2.23 bits per heavy atom. The summed E-state index contributed by atoms with van der Waals surface area (Å²) in [4.78, 5) is 37.2. The zero-order valence-electron chi connectivity index (χ0n) is 17.0. The van der Waals surface area contributed by atoms with E-state index in [4.69, 9.17) is 4.74 Å². The molecule has 8 nitrogen and oxygen atoms in total. The Kier molecular flexibility index (Phi) is 6.37. The lowest BCUT2D eigenvalue weighted by Crippen LogP contribution is -2.49. The Labute approximate surface area is 180 Å². The quantitative estimate of drug-likeness (QED) is 0.686. The first-order chi connectivity index (χ1) is 15.2. The van der Waals surface area contributed by atoms with E-state index in [1.54, 1.807) is 42.7 Å². The van der Waals surface area contributed by atoms with E-state index in [0.29, 0.717) is 43.4 Å². The molecule has 2 aromatic carbocycles. The van der Waals surface area contributed by atoms with E-state index in [-0.39, 0.29) is 12.5 Å². The Hall–Kier alpha value is -3.94. The lowest BCUT2D eigenvalue weighted by atomic mass is 10.1. The molecule has 0 aliphatic carbocycles. The molecule has 1 aliphatic heterocycles. The Morgan fingerprint density at radius 2 is 1.55 bits per heavy atom. The van der Waals surface area contributed by atoms with Gasteiger partial charge < -0.3 is 14.5 Å². The highest BCUT2D eigenvalue weighted by atomic mass is 16.5. The molecule has 8 heteroatoms. The first-order valence-electron chi connectivity index (χ1n) is 10.1. The molecule has 2 amide bonds. The van der Waals surface area contributed by atoms with Crippen LogP contribution in [-0.2, 0) is 11.3 Å². The van der Waals surface area contributed by atoms with Gasteiger partial charge in [0.1, 0.15) is 6.61 Å². The molecule has 1 saturated heterocycles. The highest BCUT2D eigenvalue weighted by Gasteiger charge is 2.23. The number of anilines is 2. The second-order valence-corrected chi connectivity index (χ2v) is 7.09.